The Morgan fingerprint density at radius 1 is 1.24 bits per heavy atom. The van der Waals surface area contributed by atoms with Gasteiger partial charge >= 0.3 is 6.18 Å². The van der Waals surface area contributed by atoms with Gasteiger partial charge in [-0.3, -0.25) is 0 Å². The number of pyridine rings is 1. The third-order valence-corrected chi connectivity index (χ3v) is 6.80. The second kappa shape index (κ2) is 9.32. The van der Waals surface area contributed by atoms with Gasteiger partial charge in [0.05, 0.1) is 17.8 Å². The lowest BCUT2D eigenvalue weighted by atomic mass is 9.97. The molecule has 1 aliphatic heterocycles. The Balaban J connectivity index is 1.59. The molecule has 3 unspecified atom stereocenters. The van der Waals surface area contributed by atoms with E-state index in [1.54, 1.807) is 0 Å². The van der Waals surface area contributed by atoms with Crippen molar-refractivity contribution in [3.8, 4) is 16.6 Å². The Hall–Kier alpha value is -2.01. The SMILES string of the molecule is OCC1O[C@H](Sc2cnc(C(F)(F)F)c(Cl)c2)C(O)C(n2cc(-c3csc(O)n3)nn2)[C@H]1O. The first-order valence-electron chi connectivity index (χ1n) is 9.17. The number of halogens is 4. The minimum atomic E-state index is -4.72. The number of aromatic hydroxyl groups is 1. The Labute approximate surface area is 196 Å². The first kappa shape index (κ1) is 24.1. The van der Waals surface area contributed by atoms with Crippen LogP contribution >= 0.6 is 34.7 Å². The van der Waals surface area contributed by atoms with E-state index in [9.17, 15) is 33.6 Å². The summed E-state index contributed by atoms with van der Waals surface area (Å²) in [7, 11) is 0. The molecule has 4 N–H and O–H groups in total. The fraction of sp³-hybridized carbons (Fsp3) is 0.412. The first-order chi connectivity index (χ1) is 15.6. The maximum absolute atomic E-state index is 12.9. The van der Waals surface area contributed by atoms with Crippen LogP contribution in [-0.4, -0.2) is 75.7 Å². The van der Waals surface area contributed by atoms with Crippen molar-refractivity contribution < 1.29 is 38.3 Å². The van der Waals surface area contributed by atoms with Crippen molar-refractivity contribution in [3.63, 3.8) is 0 Å². The van der Waals surface area contributed by atoms with Crippen molar-refractivity contribution in [2.45, 2.75) is 40.9 Å². The van der Waals surface area contributed by atoms with Gasteiger partial charge in [0.25, 0.3) is 5.19 Å². The number of hydrogen-bond acceptors (Lipinski definition) is 11. The number of ether oxygens (including phenoxy) is 1. The number of nitrogens with zero attached hydrogens (tertiary/aromatic N) is 5. The zero-order valence-corrected chi connectivity index (χ0v) is 18.6. The predicted octanol–water partition coefficient (Wildman–Crippen LogP) is 1.95. The molecular weight excluding hydrogens is 511 g/mol. The Bertz CT molecular complexity index is 1130. The van der Waals surface area contributed by atoms with E-state index in [1.807, 2.05) is 0 Å². The van der Waals surface area contributed by atoms with Gasteiger partial charge in [-0.25, -0.2) is 14.6 Å². The molecule has 1 saturated heterocycles. The predicted molar refractivity (Wildman–Crippen MR) is 110 cm³/mol. The molecule has 0 aromatic carbocycles. The van der Waals surface area contributed by atoms with Crippen molar-refractivity contribution in [1.29, 1.82) is 0 Å². The molecule has 4 rings (SSSR count). The maximum Gasteiger partial charge on any atom is 0.434 e. The quantitative estimate of drug-likeness (QED) is 0.389. The molecule has 1 aliphatic rings. The molecule has 10 nitrogen and oxygen atoms in total. The van der Waals surface area contributed by atoms with E-state index in [0.717, 1.165) is 35.4 Å². The Morgan fingerprint density at radius 3 is 2.61 bits per heavy atom. The molecular formula is C17H15ClF3N5O5S2. The molecule has 5 atom stereocenters. The minimum Gasteiger partial charge on any atom is -0.486 e. The van der Waals surface area contributed by atoms with Crippen LogP contribution in [0.3, 0.4) is 0 Å². The van der Waals surface area contributed by atoms with Gasteiger partial charge < -0.3 is 25.2 Å². The van der Waals surface area contributed by atoms with Gasteiger partial charge in [0, 0.05) is 16.5 Å². The van der Waals surface area contributed by atoms with E-state index in [4.69, 9.17) is 16.3 Å². The molecule has 0 saturated carbocycles. The van der Waals surface area contributed by atoms with Crippen LogP contribution in [0.4, 0.5) is 13.2 Å². The van der Waals surface area contributed by atoms with Crippen molar-refractivity contribution in [2.24, 2.45) is 0 Å². The molecule has 0 amide bonds. The van der Waals surface area contributed by atoms with Gasteiger partial charge in [-0.05, 0) is 6.07 Å². The fourth-order valence-electron chi connectivity index (χ4n) is 3.23. The molecule has 3 aromatic heterocycles. The van der Waals surface area contributed by atoms with E-state index in [2.05, 4.69) is 20.3 Å². The van der Waals surface area contributed by atoms with E-state index >= 15 is 0 Å². The van der Waals surface area contributed by atoms with Gasteiger partial charge in [-0.1, -0.05) is 39.9 Å². The maximum atomic E-state index is 12.9. The number of rotatable bonds is 5. The number of alkyl halides is 3. The van der Waals surface area contributed by atoms with Gasteiger partial charge in [0.1, 0.15) is 41.2 Å². The zero-order valence-electron chi connectivity index (χ0n) is 16.2. The third kappa shape index (κ3) is 4.94. The highest BCUT2D eigenvalue weighted by Crippen LogP contribution is 2.40. The highest BCUT2D eigenvalue weighted by molar-refractivity contribution is 7.99. The Morgan fingerprint density at radius 2 is 2.00 bits per heavy atom. The van der Waals surface area contributed by atoms with Crippen molar-refractivity contribution in [3.05, 3.63) is 34.6 Å². The van der Waals surface area contributed by atoms with Crippen LogP contribution in [0.2, 0.25) is 5.02 Å². The van der Waals surface area contributed by atoms with Crippen molar-refractivity contribution in [1.82, 2.24) is 25.0 Å². The van der Waals surface area contributed by atoms with Gasteiger partial charge in [0.15, 0.2) is 5.69 Å². The van der Waals surface area contributed by atoms with Crippen LogP contribution < -0.4 is 0 Å². The summed E-state index contributed by atoms with van der Waals surface area (Å²) < 4.78 is 45.4. The summed E-state index contributed by atoms with van der Waals surface area (Å²) in [6, 6.07) is -0.0891. The molecule has 16 heteroatoms. The fourth-order valence-corrected chi connectivity index (χ4v) is 5.17. The monoisotopic (exact) mass is 525 g/mol. The lowest BCUT2D eigenvalue weighted by Crippen LogP contribution is -2.55. The van der Waals surface area contributed by atoms with Gasteiger partial charge in [0.2, 0.25) is 0 Å². The molecule has 178 valence electrons. The van der Waals surface area contributed by atoms with Crippen LogP contribution in [0.25, 0.3) is 11.4 Å². The molecule has 0 radical (unpaired) electrons. The standard InChI is InChI=1S/C17H15ClF3N5O5S2/c18-7-1-6(2-22-14(7)17(19,20)21)33-15-13(29)11(12(28)10(4-27)31-15)26-3-8(24-25-26)9-5-32-16(30)23-9/h1-3,5,10-13,15,27-29H,4H2,(H,23,30)/t10?,11?,12-,13?,15+/m0/s1. The average molecular weight is 526 g/mol. The molecule has 3 aromatic rings. The van der Waals surface area contributed by atoms with E-state index in [0.29, 0.717) is 5.69 Å². The van der Waals surface area contributed by atoms with Crippen LogP contribution in [0, 0.1) is 0 Å². The number of thioether (sulfide) groups is 1. The van der Waals surface area contributed by atoms with E-state index in [1.165, 1.54) is 16.3 Å². The molecule has 0 spiro atoms. The summed E-state index contributed by atoms with van der Waals surface area (Å²) in [5.41, 5.74) is -1.78. The number of aliphatic hydroxyl groups is 3. The highest BCUT2D eigenvalue weighted by Gasteiger charge is 2.46. The Kier molecular flexibility index (Phi) is 6.82. The smallest absolute Gasteiger partial charge is 0.434 e. The zero-order chi connectivity index (χ0) is 23.9. The molecule has 1 fully saturated rings. The van der Waals surface area contributed by atoms with Crippen LogP contribution in [0.1, 0.15) is 11.7 Å². The summed E-state index contributed by atoms with van der Waals surface area (Å²) in [4.78, 5) is 7.39. The normalized spacial score (nSPS) is 26.0. The lowest BCUT2D eigenvalue weighted by molar-refractivity contribution is -0.178. The van der Waals surface area contributed by atoms with Crippen LogP contribution in [-0.2, 0) is 10.9 Å². The van der Waals surface area contributed by atoms with Gasteiger partial charge in [-0.15, -0.1) is 5.10 Å². The molecule has 4 heterocycles. The largest absolute Gasteiger partial charge is 0.486 e. The first-order valence-corrected chi connectivity index (χ1v) is 11.3. The average Bonchev–Trinajstić information content (AvgIpc) is 3.38. The number of hydrogen-bond donors (Lipinski definition) is 4. The van der Waals surface area contributed by atoms with Crippen LogP contribution in [0.15, 0.2) is 28.7 Å². The summed E-state index contributed by atoms with van der Waals surface area (Å²) >= 11 is 7.51. The summed E-state index contributed by atoms with van der Waals surface area (Å²) in [5, 5.41) is 49.2. The van der Waals surface area contributed by atoms with Crippen LogP contribution in [0.5, 0.6) is 5.19 Å². The summed E-state index contributed by atoms with van der Waals surface area (Å²) in [5.74, 6) is 0. The number of aliphatic hydroxyl groups excluding tert-OH is 3. The number of aromatic nitrogens is 5. The van der Waals surface area contributed by atoms with Crippen molar-refractivity contribution in [2.75, 3.05) is 6.61 Å². The van der Waals surface area contributed by atoms with Gasteiger partial charge in [-0.2, -0.15) is 13.2 Å². The molecule has 0 aliphatic carbocycles. The minimum absolute atomic E-state index is 0.168. The van der Waals surface area contributed by atoms with E-state index in [-0.39, 0.29) is 15.8 Å². The van der Waals surface area contributed by atoms with Crippen molar-refractivity contribution >= 4 is 34.7 Å². The third-order valence-electron chi connectivity index (χ3n) is 4.76. The summed E-state index contributed by atoms with van der Waals surface area (Å²) in [6.45, 7) is -0.602. The topological polar surface area (TPSA) is 147 Å². The summed E-state index contributed by atoms with van der Waals surface area (Å²) in [6.07, 6.45) is -6.35. The second-order valence-corrected chi connectivity index (χ2v) is 9.33. The highest BCUT2D eigenvalue weighted by atomic mass is 35.5. The lowest BCUT2D eigenvalue weighted by Gasteiger charge is -2.41. The van der Waals surface area contributed by atoms with E-state index < -0.39 is 53.3 Å². The number of thiazole rings is 1. The molecule has 33 heavy (non-hydrogen) atoms. The molecule has 0 bridgehead atoms. The second-order valence-electron chi connectivity index (χ2n) is 6.91.